The van der Waals surface area contributed by atoms with E-state index in [0.717, 1.165) is 28.2 Å². The van der Waals surface area contributed by atoms with E-state index in [1.807, 2.05) is 12.1 Å². The molecule has 1 heterocycles. The van der Waals surface area contributed by atoms with Crippen molar-refractivity contribution in [3.63, 3.8) is 0 Å². The molecule has 0 bridgehead atoms. The lowest BCUT2D eigenvalue weighted by molar-refractivity contribution is 0.358. The highest BCUT2D eigenvalue weighted by Gasteiger charge is 2.34. The Morgan fingerprint density at radius 1 is 1.40 bits per heavy atom. The fraction of sp³-hybridized carbons (Fsp3) is 0.438. The van der Waals surface area contributed by atoms with E-state index in [1.54, 1.807) is 7.11 Å². The van der Waals surface area contributed by atoms with E-state index in [9.17, 15) is 0 Å². The second kappa shape index (κ2) is 4.85. The predicted molar refractivity (Wildman–Crippen MR) is 78.8 cm³/mol. The number of hydrogen-bond acceptors (Lipinski definition) is 4. The largest absolute Gasteiger partial charge is 0.496 e. The summed E-state index contributed by atoms with van der Waals surface area (Å²) < 4.78 is 11.0. The van der Waals surface area contributed by atoms with E-state index in [-0.39, 0.29) is 0 Å². The number of benzene rings is 1. The maximum absolute atomic E-state index is 6.04. The quantitative estimate of drug-likeness (QED) is 0.920. The second-order valence-corrected chi connectivity index (χ2v) is 5.64. The molecule has 4 heteroatoms. The van der Waals surface area contributed by atoms with Gasteiger partial charge in [0, 0.05) is 11.5 Å². The zero-order valence-corrected chi connectivity index (χ0v) is 12.1. The van der Waals surface area contributed by atoms with Crippen LogP contribution in [0.25, 0.3) is 11.1 Å². The van der Waals surface area contributed by atoms with Crippen LogP contribution >= 0.6 is 0 Å². The summed E-state index contributed by atoms with van der Waals surface area (Å²) in [6, 6.07) is 6.06. The summed E-state index contributed by atoms with van der Waals surface area (Å²) in [5.74, 6) is 3.16. The number of rotatable bonds is 4. The van der Waals surface area contributed by atoms with Crippen LogP contribution in [0, 0.1) is 12.8 Å². The molecule has 2 aromatic rings. The van der Waals surface area contributed by atoms with Crippen LogP contribution < -0.4 is 10.5 Å². The molecule has 0 aliphatic heterocycles. The predicted octanol–water partition coefficient (Wildman–Crippen LogP) is 3.75. The van der Waals surface area contributed by atoms with Crippen molar-refractivity contribution in [2.24, 2.45) is 5.92 Å². The van der Waals surface area contributed by atoms with Gasteiger partial charge in [-0.25, -0.2) is 0 Å². The molecule has 1 aromatic carbocycles. The molecule has 1 aliphatic carbocycles. The average molecular weight is 272 g/mol. The maximum Gasteiger partial charge on any atom is 0.175 e. The summed E-state index contributed by atoms with van der Waals surface area (Å²) in [5, 5.41) is 3.98. The highest BCUT2D eigenvalue weighted by molar-refractivity contribution is 5.81. The van der Waals surface area contributed by atoms with Gasteiger partial charge < -0.3 is 15.0 Å². The Kier molecular flexibility index (Phi) is 3.16. The van der Waals surface area contributed by atoms with E-state index in [2.05, 4.69) is 25.1 Å². The molecule has 0 amide bonds. The zero-order valence-electron chi connectivity index (χ0n) is 12.1. The lowest BCUT2D eigenvalue weighted by atomic mass is 9.94. The molecule has 3 rings (SSSR count). The van der Waals surface area contributed by atoms with Crippen molar-refractivity contribution in [3.05, 3.63) is 29.5 Å². The summed E-state index contributed by atoms with van der Waals surface area (Å²) >= 11 is 0. The lowest BCUT2D eigenvalue weighted by Gasteiger charge is -2.12. The number of ether oxygens (including phenoxy) is 1. The molecule has 1 aromatic heterocycles. The molecule has 0 saturated heterocycles. The summed E-state index contributed by atoms with van der Waals surface area (Å²) in [5.41, 5.74) is 9.06. The van der Waals surface area contributed by atoms with Crippen LogP contribution in [0.4, 0.5) is 5.82 Å². The molecule has 1 fully saturated rings. The van der Waals surface area contributed by atoms with Crippen LogP contribution in [0.1, 0.15) is 37.0 Å². The van der Waals surface area contributed by atoms with E-state index in [4.69, 9.17) is 15.0 Å². The Balaban J connectivity index is 2.13. The molecule has 2 N–H and O–H groups in total. The van der Waals surface area contributed by atoms with Crippen LogP contribution in [0.5, 0.6) is 5.75 Å². The van der Waals surface area contributed by atoms with Gasteiger partial charge in [-0.05, 0) is 37.8 Å². The highest BCUT2D eigenvalue weighted by Crippen LogP contribution is 2.47. The van der Waals surface area contributed by atoms with Crippen LogP contribution in [0.3, 0.4) is 0 Å². The highest BCUT2D eigenvalue weighted by atomic mass is 16.5. The molecule has 0 spiro atoms. The molecule has 1 atom stereocenters. The van der Waals surface area contributed by atoms with Gasteiger partial charge in [-0.15, -0.1) is 0 Å². The van der Waals surface area contributed by atoms with E-state index < -0.39 is 0 Å². The van der Waals surface area contributed by atoms with Gasteiger partial charge in [0.25, 0.3) is 0 Å². The fourth-order valence-corrected chi connectivity index (χ4v) is 2.72. The molecule has 1 unspecified atom stereocenters. The van der Waals surface area contributed by atoms with Crippen molar-refractivity contribution < 1.29 is 9.26 Å². The third-order valence-electron chi connectivity index (χ3n) is 4.11. The van der Waals surface area contributed by atoms with Gasteiger partial charge in [-0.2, -0.15) is 0 Å². The molecule has 106 valence electrons. The standard InChI is InChI=1S/C16H20N2O2/c1-9-4-7-13(19-3)12(8-9)14-15(20-18-16(14)17)10(2)11-5-6-11/h4,7-8,10-11H,5-6H2,1-3H3,(H2,17,18). The smallest absolute Gasteiger partial charge is 0.175 e. The van der Waals surface area contributed by atoms with Gasteiger partial charge in [0.15, 0.2) is 5.82 Å². The fourth-order valence-electron chi connectivity index (χ4n) is 2.72. The second-order valence-electron chi connectivity index (χ2n) is 5.64. The van der Waals surface area contributed by atoms with Gasteiger partial charge >= 0.3 is 0 Å². The van der Waals surface area contributed by atoms with Crippen molar-refractivity contribution in [2.45, 2.75) is 32.6 Å². The van der Waals surface area contributed by atoms with E-state index in [0.29, 0.717) is 17.7 Å². The van der Waals surface area contributed by atoms with Gasteiger partial charge in [0.05, 0.1) is 12.7 Å². The topological polar surface area (TPSA) is 61.3 Å². The Labute approximate surface area is 118 Å². The average Bonchev–Trinajstić information content (AvgIpc) is 3.21. The van der Waals surface area contributed by atoms with E-state index in [1.165, 1.54) is 12.8 Å². The molecule has 1 saturated carbocycles. The SMILES string of the molecule is COc1ccc(C)cc1-c1c(N)noc1C(C)C1CC1. The van der Waals surface area contributed by atoms with Crippen molar-refractivity contribution in [1.29, 1.82) is 0 Å². The first-order valence-corrected chi connectivity index (χ1v) is 7.02. The normalized spacial score (nSPS) is 16.1. The number of nitrogen functional groups attached to an aromatic ring is 1. The number of anilines is 1. The van der Waals surface area contributed by atoms with Crippen LogP contribution in [-0.4, -0.2) is 12.3 Å². The lowest BCUT2D eigenvalue weighted by Crippen LogP contribution is -1.99. The number of methoxy groups -OCH3 is 1. The van der Waals surface area contributed by atoms with Crippen LogP contribution in [0.2, 0.25) is 0 Å². The summed E-state index contributed by atoms with van der Waals surface area (Å²) in [6.45, 7) is 4.24. The number of aromatic nitrogens is 1. The molecule has 1 aliphatic rings. The molecular weight excluding hydrogens is 252 g/mol. The van der Waals surface area contributed by atoms with Crippen molar-refractivity contribution >= 4 is 5.82 Å². The van der Waals surface area contributed by atoms with Crippen LogP contribution in [0.15, 0.2) is 22.7 Å². The Morgan fingerprint density at radius 2 is 2.15 bits per heavy atom. The number of hydrogen-bond donors (Lipinski definition) is 1. The van der Waals surface area contributed by atoms with Gasteiger partial charge in [0.2, 0.25) is 0 Å². The van der Waals surface area contributed by atoms with Crippen molar-refractivity contribution in [3.8, 4) is 16.9 Å². The Hall–Kier alpha value is -1.97. The number of nitrogens with zero attached hydrogens (tertiary/aromatic N) is 1. The number of aryl methyl sites for hydroxylation is 1. The first-order chi connectivity index (χ1) is 9.61. The molecule has 20 heavy (non-hydrogen) atoms. The minimum absolute atomic E-state index is 0.347. The van der Waals surface area contributed by atoms with Crippen molar-refractivity contribution in [1.82, 2.24) is 5.16 Å². The Bertz CT molecular complexity index is 629. The minimum atomic E-state index is 0.347. The summed E-state index contributed by atoms with van der Waals surface area (Å²) in [4.78, 5) is 0. The first-order valence-electron chi connectivity index (χ1n) is 7.02. The first kappa shape index (κ1) is 13.0. The minimum Gasteiger partial charge on any atom is -0.496 e. The molecular formula is C16H20N2O2. The van der Waals surface area contributed by atoms with E-state index >= 15 is 0 Å². The summed E-state index contributed by atoms with van der Waals surface area (Å²) in [6.07, 6.45) is 2.51. The van der Waals surface area contributed by atoms with Gasteiger partial charge in [-0.1, -0.05) is 23.7 Å². The third-order valence-corrected chi connectivity index (χ3v) is 4.11. The summed E-state index contributed by atoms with van der Waals surface area (Å²) in [7, 11) is 1.67. The maximum atomic E-state index is 6.04. The Morgan fingerprint density at radius 3 is 2.80 bits per heavy atom. The third kappa shape index (κ3) is 2.15. The molecule has 0 radical (unpaired) electrons. The molecule has 4 nitrogen and oxygen atoms in total. The monoisotopic (exact) mass is 272 g/mol. The van der Waals surface area contributed by atoms with Gasteiger partial charge in [-0.3, -0.25) is 0 Å². The zero-order chi connectivity index (χ0) is 14.3. The number of nitrogens with two attached hydrogens (primary N) is 1. The van der Waals surface area contributed by atoms with Crippen LogP contribution in [-0.2, 0) is 0 Å². The van der Waals surface area contributed by atoms with Gasteiger partial charge in [0.1, 0.15) is 11.5 Å². The van der Waals surface area contributed by atoms with Crippen molar-refractivity contribution in [2.75, 3.05) is 12.8 Å².